The lowest BCUT2D eigenvalue weighted by Crippen LogP contribution is -2.23. The van der Waals surface area contributed by atoms with Crippen LogP contribution >= 0.6 is 0 Å². The fourth-order valence-electron chi connectivity index (χ4n) is 2.32. The van der Waals surface area contributed by atoms with Gasteiger partial charge in [-0.3, -0.25) is 0 Å². The second-order valence-corrected chi connectivity index (χ2v) is 8.04. The molecule has 0 amide bonds. The topological polar surface area (TPSA) is 91.0 Å². The van der Waals surface area contributed by atoms with Crippen LogP contribution in [0.5, 0.6) is 5.75 Å². The highest BCUT2D eigenvalue weighted by molar-refractivity contribution is 8.05. The lowest BCUT2D eigenvalue weighted by atomic mass is 10.1. The van der Waals surface area contributed by atoms with Crippen molar-refractivity contribution >= 4 is 25.9 Å². The molecular weight excluding hydrogens is 332 g/mol. The number of fused-ring (bicyclic) bond motifs is 1. The van der Waals surface area contributed by atoms with Gasteiger partial charge in [0, 0.05) is 11.8 Å². The maximum atomic E-state index is 12.5. The summed E-state index contributed by atoms with van der Waals surface area (Å²) in [6.07, 6.45) is 5.39. The van der Waals surface area contributed by atoms with Crippen molar-refractivity contribution in [1.29, 1.82) is 0 Å². The number of benzene rings is 1. The Hall–Kier alpha value is -2.53. The van der Waals surface area contributed by atoms with E-state index in [9.17, 15) is 8.42 Å². The SMILES string of the molecule is C#CCOc1ccc2onc(CS(=O)(=O)C3=NOC(C)(C)C3)c2c1. The molecule has 0 aliphatic carbocycles. The molecule has 0 atom stereocenters. The summed E-state index contributed by atoms with van der Waals surface area (Å²) in [5.74, 6) is 2.56. The van der Waals surface area contributed by atoms with Gasteiger partial charge in [-0.05, 0) is 32.0 Å². The highest BCUT2D eigenvalue weighted by atomic mass is 32.2. The Morgan fingerprint density at radius 2 is 2.21 bits per heavy atom. The van der Waals surface area contributed by atoms with Crippen LogP contribution in [0, 0.1) is 12.3 Å². The van der Waals surface area contributed by atoms with Gasteiger partial charge in [-0.25, -0.2) is 8.42 Å². The Bertz CT molecular complexity index is 950. The first-order chi connectivity index (χ1) is 11.3. The molecule has 2 heterocycles. The van der Waals surface area contributed by atoms with Crippen molar-refractivity contribution in [2.45, 2.75) is 31.6 Å². The molecule has 0 saturated heterocycles. The van der Waals surface area contributed by atoms with E-state index in [1.54, 1.807) is 32.0 Å². The predicted octanol–water partition coefficient (Wildman–Crippen LogP) is 2.27. The molecule has 1 aromatic carbocycles. The molecule has 7 nitrogen and oxygen atoms in total. The summed E-state index contributed by atoms with van der Waals surface area (Å²) in [4.78, 5) is 5.14. The molecule has 1 aliphatic rings. The molecule has 3 rings (SSSR count). The van der Waals surface area contributed by atoms with E-state index < -0.39 is 15.4 Å². The zero-order chi connectivity index (χ0) is 17.4. The first kappa shape index (κ1) is 16.3. The maximum absolute atomic E-state index is 12.5. The van der Waals surface area contributed by atoms with Gasteiger partial charge in [0.25, 0.3) is 0 Å². The molecule has 8 heteroatoms. The van der Waals surface area contributed by atoms with E-state index in [-0.39, 0.29) is 23.8 Å². The van der Waals surface area contributed by atoms with E-state index in [0.717, 1.165) is 0 Å². The number of hydrogen-bond donors (Lipinski definition) is 0. The van der Waals surface area contributed by atoms with Gasteiger partial charge < -0.3 is 14.1 Å². The first-order valence-corrected chi connectivity index (χ1v) is 8.88. The molecule has 2 aromatic rings. The Kier molecular flexibility index (Phi) is 3.97. The third-order valence-electron chi connectivity index (χ3n) is 3.50. The number of oxime groups is 1. The quantitative estimate of drug-likeness (QED) is 0.787. The Morgan fingerprint density at radius 1 is 1.42 bits per heavy atom. The summed E-state index contributed by atoms with van der Waals surface area (Å²) in [5, 5.41) is 8.15. The van der Waals surface area contributed by atoms with Gasteiger partial charge >= 0.3 is 0 Å². The first-order valence-electron chi connectivity index (χ1n) is 7.23. The molecule has 0 spiro atoms. The largest absolute Gasteiger partial charge is 0.481 e. The van der Waals surface area contributed by atoms with E-state index in [0.29, 0.717) is 22.4 Å². The van der Waals surface area contributed by atoms with Crippen LogP contribution in [0.2, 0.25) is 0 Å². The summed E-state index contributed by atoms with van der Waals surface area (Å²) in [6, 6.07) is 5.00. The molecule has 0 radical (unpaired) electrons. The lowest BCUT2D eigenvalue weighted by molar-refractivity contribution is 0.0123. The van der Waals surface area contributed by atoms with E-state index in [4.69, 9.17) is 20.5 Å². The number of sulfone groups is 1. The average molecular weight is 348 g/mol. The van der Waals surface area contributed by atoms with Gasteiger partial charge in [0.2, 0.25) is 9.84 Å². The van der Waals surface area contributed by atoms with Crippen LogP contribution in [-0.2, 0) is 20.4 Å². The van der Waals surface area contributed by atoms with Crippen molar-refractivity contribution in [2.24, 2.45) is 5.16 Å². The maximum Gasteiger partial charge on any atom is 0.200 e. The third-order valence-corrected chi connectivity index (χ3v) is 5.09. The molecule has 24 heavy (non-hydrogen) atoms. The van der Waals surface area contributed by atoms with Crippen LogP contribution < -0.4 is 4.74 Å². The summed E-state index contributed by atoms with van der Waals surface area (Å²) in [6.45, 7) is 3.67. The van der Waals surface area contributed by atoms with E-state index in [1.165, 1.54) is 0 Å². The minimum atomic E-state index is -3.65. The number of hydrogen-bond acceptors (Lipinski definition) is 7. The van der Waals surface area contributed by atoms with Crippen molar-refractivity contribution in [3.8, 4) is 18.1 Å². The molecule has 0 unspecified atom stereocenters. The molecule has 0 bridgehead atoms. The standard InChI is InChI=1S/C16H16N2O5S/c1-4-7-21-11-5-6-14-12(8-11)13(17-22-14)10-24(19,20)15-9-16(2,3)23-18-15/h1,5-6,8H,7,9-10H2,2-3H3. The van der Waals surface area contributed by atoms with Crippen LogP contribution in [0.3, 0.4) is 0 Å². The molecule has 126 valence electrons. The molecule has 0 fully saturated rings. The Labute approximate surface area is 139 Å². The summed E-state index contributed by atoms with van der Waals surface area (Å²) in [5.41, 5.74) is 0.145. The van der Waals surface area contributed by atoms with Crippen LogP contribution in [0.4, 0.5) is 0 Å². The molecule has 0 N–H and O–H groups in total. The van der Waals surface area contributed by atoms with E-state index >= 15 is 0 Å². The van der Waals surface area contributed by atoms with E-state index in [1.807, 2.05) is 0 Å². The summed E-state index contributed by atoms with van der Waals surface area (Å²) < 4.78 is 35.6. The number of ether oxygens (including phenoxy) is 1. The average Bonchev–Trinajstić information content (AvgIpc) is 3.08. The fourth-order valence-corrected chi connectivity index (χ4v) is 3.77. The number of rotatable bonds is 4. The van der Waals surface area contributed by atoms with Gasteiger partial charge in [-0.15, -0.1) is 6.42 Å². The monoisotopic (exact) mass is 348 g/mol. The van der Waals surface area contributed by atoms with Crippen molar-refractivity contribution in [3.63, 3.8) is 0 Å². The van der Waals surface area contributed by atoms with Gasteiger partial charge in [0.05, 0.1) is 0 Å². The minimum absolute atomic E-state index is 0.0170. The number of aromatic nitrogens is 1. The minimum Gasteiger partial charge on any atom is -0.481 e. The molecular formula is C16H16N2O5S. The van der Waals surface area contributed by atoms with Crippen molar-refractivity contribution < 1.29 is 22.5 Å². The van der Waals surface area contributed by atoms with Crippen molar-refractivity contribution in [3.05, 3.63) is 23.9 Å². The fraction of sp³-hybridized carbons (Fsp3) is 0.375. The second kappa shape index (κ2) is 5.83. The Morgan fingerprint density at radius 3 is 2.88 bits per heavy atom. The molecule has 1 aromatic heterocycles. The van der Waals surface area contributed by atoms with E-state index in [2.05, 4.69) is 16.2 Å². The second-order valence-electron chi connectivity index (χ2n) is 6.05. The van der Waals surface area contributed by atoms with Crippen LogP contribution in [0.15, 0.2) is 27.9 Å². The van der Waals surface area contributed by atoms with Gasteiger partial charge in [0.1, 0.15) is 29.4 Å². The third kappa shape index (κ3) is 3.21. The zero-order valence-electron chi connectivity index (χ0n) is 13.3. The molecule has 0 saturated carbocycles. The smallest absolute Gasteiger partial charge is 0.200 e. The van der Waals surface area contributed by atoms with Crippen LogP contribution in [-0.4, -0.2) is 30.8 Å². The predicted molar refractivity (Wildman–Crippen MR) is 88.2 cm³/mol. The summed E-state index contributed by atoms with van der Waals surface area (Å²) >= 11 is 0. The normalized spacial score (nSPS) is 16.5. The van der Waals surface area contributed by atoms with Gasteiger partial charge in [-0.1, -0.05) is 16.2 Å². The van der Waals surface area contributed by atoms with Crippen LogP contribution in [0.25, 0.3) is 11.0 Å². The number of terminal acetylenes is 1. The van der Waals surface area contributed by atoms with Crippen molar-refractivity contribution in [2.75, 3.05) is 6.61 Å². The van der Waals surface area contributed by atoms with Crippen molar-refractivity contribution in [1.82, 2.24) is 5.16 Å². The van der Waals surface area contributed by atoms with Crippen LogP contribution in [0.1, 0.15) is 26.0 Å². The lowest BCUT2D eigenvalue weighted by Gasteiger charge is -2.13. The van der Waals surface area contributed by atoms with Gasteiger partial charge in [0.15, 0.2) is 10.6 Å². The highest BCUT2D eigenvalue weighted by Gasteiger charge is 2.36. The summed E-state index contributed by atoms with van der Waals surface area (Å²) in [7, 11) is -3.65. The zero-order valence-corrected chi connectivity index (χ0v) is 14.1. The highest BCUT2D eigenvalue weighted by Crippen LogP contribution is 2.29. The number of nitrogens with zero attached hydrogens (tertiary/aromatic N) is 2. The van der Waals surface area contributed by atoms with Gasteiger partial charge in [-0.2, -0.15) is 0 Å². The molecule has 1 aliphatic heterocycles. The Balaban J connectivity index is 1.88.